The lowest BCUT2D eigenvalue weighted by molar-refractivity contribution is -0.389. The number of nitriles is 1. The summed E-state index contributed by atoms with van der Waals surface area (Å²) in [4.78, 5) is 12.7. The van der Waals surface area contributed by atoms with E-state index in [0.717, 1.165) is 12.1 Å². The molecular weight excluding hydrogens is 162 g/mol. The maximum Gasteiger partial charge on any atom is 0.365 e. The molecule has 0 aromatic carbocycles. The van der Waals surface area contributed by atoms with Gasteiger partial charge in [-0.25, -0.2) is 0 Å². The lowest BCUT2D eigenvalue weighted by Crippen LogP contribution is -1.93. The summed E-state index contributed by atoms with van der Waals surface area (Å²) in [6.07, 6.45) is 0. The van der Waals surface area contributed by atoms with E-state index < -0.39 is 10.7 Å². The number of hydrogen-bond acceptors (Lipinski definition) is 5. The highest BCUT2D eigenvalue weighted by Crippen LogP contribution is 2.17. The molecule has 6 nitrogen and oxygen atoms in total. The Balaban J connectivity index is 3.25. The van der Waals surface area contributed by atoms with Gasteiger partial charge in [-0.05, 0) is 16.0 Å². The molecule has 0 spiro atoms. The number of aromatic hydroxyl groups is 1. The molecule has 0 aliphatic rings. The van der Waals surface area contributed by atoms with Crippen molar-refractivity contribution in [1.29, 1.82) is 5.26 Å². The van der Waals surface area contributed by atoms with Gasteiger partial charge in [-0.15, -0.1) is 0 Å². The molecule has 60 valence electrons. The van der Waals surface area contributed by atoms with Crippen LogP contribution in [0.4, 0.5) is 5.82 Å². The predicted octanol–water partition coefficient (Wildman–Crippen LogP) is 0.567. The van der Waals surface area contributed by atoms with Gasteiger partial charge in [0.15, 0.2) is 11.8 Å². The zero-order chi connectivity index (χ0) is 9.14. The second-order valence-electron chi connectivity index (χ2n) is 1.91. The van der Waals surface area contributed by atoms with Crippen molar-refractivity contribution in [3.8, 4) is 11.8 Å². The van der Waals surface area contributed by atoms with E-state index in [-0.39, 0.29) is 11.4 Å². The molecule has 0 aliphatic heterocycles. The molecular formula is C6H3N3O3. The SMILES string of the molecule is N#Cc1nc([N+](=O)[O-])ccc1O. The summed E-state index contributed by atoms with van der Waals surface area (Å²) in [7, 11) is 0. The zero-order valence-electron chi connectivity index (χ0n) is 5.76. The van der Waals surface area contributed by atoms with Gasteiger partial charge in [0.25, 0.3) is 5.69 Å². The first-order chi connectivity index (χ1) is 5.65. The zero-order valence-corrected chi connectivity index (χ0v) is 5.76. The Morgan fingerprint density at radius 1 is 1.67 bits per heavy atom. The summed E-state index contributed by atoms with van der Waals surface area (Å²) in [5, 5.41) is 27.4. The number of nitro groups is 1. The molecule has 1 heterocycles. The molecule has 1 aromatic rings. The van der Waals surface area contributed by atoms with Gasteiger partial charge in [-0.2, -0.15) is 5.26 Å². The Morgan fingerprint density at radius 2 is 2.33 bits per heavy atom. The Bertz CT molecular complexity index is 369. The predicted molar refractivity (Wildman–Crippen MR) is 37.3 cm³/mol. The molecule has 0 atom stereocenters. The van der Waals surface area contributed by atoms with E-state index in [1.165, 1.54) is 6.07 Å². The number of nitrogens with zero attached hydrogens (tertiary/aromatic N) is 3. The Labute approximate surface area is 66.9 Å². The van der Waals surface area contributed by atoms with Crippen LogP contribution in [0.15, 0.2) is 12.1 Å². The first-order valence-corrected chi connectivity index (χ1v) is 2.89. The minimum Gasteiger partial charge on any atom is -0.503 e. The quantitative estimate of drug-likeness (QED) is 0.484. The van der Waals surface area contributed by atoms with Gasteiger partial charge in [0.05, 0.1) is 0 Å². The van der Waals surface area contributed by atoms with Crippen LogP contribution in [-0.4, -0.2) is 15.0 Å². The molecule has 0 bridgehead atoms. The maximum atomic E-state index is 10.1. The van der Waals surface area contributed by atoms with Gasteiger partial charge in [0, 0.05) is 6.07 Å². The molecule has 0 saturated carbocycles. The van der Waals surface area contributed by atoms with E-state index in [9.17, 15) is 10.1 Å². The van der Waals surface area contributed by atoms with Crippen LogP contribution in [0, 0.1) is 21.4 Å². The van der Waals surface area contributed by atoms with Crippen molar-refractivity contribution in [3.63, 3.8) is 0 Å². The van der Waals surface area contributed by atoms with Crippen LogP contribution in [0.1, 0.15) is 5.69 Å². The summed E-state index contributed by atoms with van der Waals surface area (Å²) in [5.74, 6) is -0.813. The molecule has 1 N–H and O–H groups in total. The van der Waals surface area contributed by atoms with Crippen LogP contribution in [0.5, 0.6) is 5.75 Å². The van der Waals surface area contributed by atoms with Crippen LogP contribution >= 0.6 is 0 Å². The summed E-state index contributed by atoms with van der Waals surface area (Å²) in [6.45, 7) is 0. The van der Waals surface area contributed by atoms with Crippen molar-refractivity contribution in [3.05, 3.63) is 27.9 Å². The third kappa shape index (κ3) is 1.29. The number of hydrogen-bond donors (Lipinski definition) is 1. The molecule has 12 heavy (non-hydrogen) atoms. The Kier molecular flexibility index (Phi) is 1.88. The molecule has 0 saturated heterocycles. The second kappa shape index (κ2) is 2.84. The first kappa shape index (κ1) is 7.94. The highest BCUT2D eigenvalue weighted by Gasteiger charge is 2.13. The monoisotopic (exact) mass is 165 g/mol. The Hall–Kier alpha value is -2.16. The van der Waals surface area contributed by atoms with Gasteiger partial charge >= 0.3 is 5.82 Å². The first-order valence-electron chi connectivity index (χ1n) is 2.89. The normalized spacial score (nSPS) is 8.92. The second-order valence-corrected chi connectivity index (χ2v) is 1.91. The highest BCUT2D eigenvalue weighted by atomic mass is 16.6. The molecule has 0 amide bonds. The van der Waals surface area contributed by atoms with E-state index in [0.29, 0.717) is 0 Å². The molecule has 0 radical (unpaired) electrons. The van der Waals surface area contributed by atoms with Crippen LogP contribution in [0.2, 0.25) is 0 Å². The van der Waals surface area contributed by atoms with Crippen molar-refractivity contribution >= 4 is 5.82 Å². The van der Waals surface area contributed by atoms with E-state index in [1.807, 2.05) is 0 Å². The Morgan fingerprint density at radius 3 is 2.83 bits per heavy atom. The van der Waals surface area contributed by atoms with Gasteiger partial charge < -0.3 is 15.2 Å². The number of pyridine rings is 1. The molecule has 0 aliphatic carbocycles. The molecule has 1 rings (SSSR count). The van der Waals surface area contributed by atoms with Gasteiger partial charge in [0.1, 0.15) is 0 Å². The van der Waals surface area contributed by atoms with Crippen LogP contribution < -0.4 is 0 Å². The number of aromatic nitrogens is 1. The number of rotatable bonds is 1. The molecule has 6 heteroatoms. The van der Waals surface area contributed by atoms with E-state index in [2.05, 4.69) is 4.98 Å². The lowest BCUT2D eigenvalue weighted by atomic mass is 10.3. The molecule has 1 aromatic heterocycles. The fraction of sp³-hybridized carbons (Fsp3) is 0. The van der Waals surface area contributed by atoms with Crippen LogP contribution in [0.25, 0.3) is 0 Å². The van der Waals surface area contributed by atoms with Crippen molar-refractivity contribution < 1.29 is 10.0 Å². The third-order valence-electron chi connectivity index (χ3n) is 1.15. The van der Waals surface area contributed by atoms with E-state index in [1.54, 1.807) is 0 Å². The molecule has 0 unspecified atom stereocenters. The minimum atomic E-state index is -0.736. The average Bonchev–Trinajstić information content (AvgIpc) is 2.05. The topological polar surface area (TPSA) is 100 Å². The molecule has 0 fully saturated rings. The summed E-state index contributed by atoms with van der Waals surface area (Å²) < 4.78 is 0. The lowest BCUT2D eigenvalue weighted by Gasteiger charge is -1.91. The van der Waals surface area contributed by atoms with Crippen molar-refractivity contribution in [2.45, 2.75) is 0 Å². The van der Waals surface area contributed by atoms with E-state index in [4.69, 9.17) is 10.4 Å². The standard InChI is InChI=1S/C6H3N3O3/c7-3-4-5(10)1-2-6(8-4)9(11)12/h1-2,10H. The summed E-state index contributed by atoms with van der Waals surface area (Å²) in [6, 6.07) is 3.61. The minimum absolute atomic E-state index is 0.343. The van der Waals surface area contributed by atoms with Gasteiger partial charge in [-0.1, -0.05) is 0 Å². The van der Waals surface area contributed by atoms with Crippen molar-refractivity contribution in [2.24, 2.45) is 0 Å². The maximum absolute atomic E-state index is 10.1. The van der Waals surface area contributed by atoms with Crippen LogP contribution in [0.3, 0.4) is 0 Å². The fourth-order valence-corrected chi connectivity index (χ4v) is 0.625. The van der Waals surface area contributed by atoms with E-state index >= 15 is 0 Å². The van der Waals surface area contributed by atoms with Crippen molar-refractivity contribution in [1.82, 2.24) is 4.98 Å². The van der Waals surface area contributed by atoms with Crippen molar-refractivity contribution in [2.75, 3.05) is 0 Å². The average molecular weight is 165 g/mol. The van der Waals surface area contributed by atoms with Gasteiger partial charge in [0.2, 0.25) is 0 Å². The summed E-state index contributed by atoms with van der Waals surface area (Å²) in [5.41, 5.74) is -0.343. The summed E-state index contributed by atoms with van der Waals surface area (Å²) >= 11 is 0. The highest BCUT2D eigenvalue weighted by molar-refractivity contribution is 5.40. The largest absolute Gasteiger partial charge is 0.503 e. The fourth-order valence-electron chi connectivity index (χ4n) is 0.625. The van der Waals surface area contributed by atoms with Gasteiger partial charge in [-0.3, -0.25) is 0 Å². The van der Waals surface area contributed by atoms with Crippen LogP contribution in [-0.2, 0) is 0 Å². The smallest absolute Gasteiger partial charge is 0.365 e. The third-order valence-corrected chi connectivity index (χ3v) is 1.15.